The van der Waals surface area contributed by atoms with Gasteiger partial charge in [-0.25, -0.2) is 9.97 Å². The molecular weight excluding hydrogens is 540 g/mol. The van der Waals surface area contributed by atoms with Crippen molar-refractivity contribution in [2.75, 3.05) is 0 Å². The molecule has 0 aliphatic carbocycles. The molecule has 0 bridgehead atoms. The maximum Gasteiger partial charge on any atom is 0.238 e. The Hall–Kier alpha value is -6.14. The van der Waals surface area contributed by atoms with E-state index in [2.05, 4.69) is 15.0 Å². The maximum atomic E-state index is 9.03. The second-order valence-electron chi connectivity index (χ2n) is 9.52. The zero-order valence-electron chi connectivity index (χ0n) is 39.2. The fraction of sp³-hybridized carbons (Fsp3) is 0. The highest BCUT2D eigenvalue weighted by atomic mass is 15.2. The average Bonchev–Trinajstić information content (AvgIpc) is 3.81. The van der Waals surface area contributed by atoms with Crippen LogP contribution in [0.2, 0.25) is 0 Å². The molecule has 0 radical (unpaired) electrons. The van der Waals surface area contributed by atoms with Crippen molar-refractivity contribution in [3.63, 3.8) is 0 Å². The molecule has 4 heterocycles. The van der Waals surface area contributed by atoms with E-state index in [1.54, 1.807) is 30.3 Å². The van der Waals surface area contributed by atoms with Crippen LogP contribution in [0.15, 0.2) is 145 Å². The second-order valence-corrected chi connectivity index (χ2v) is 9.52. The largest absolute Gasteiger partial charge is 0.293 e. The first-order chi connectivity index (χ1) is 28.9. The summed E-state index contributed by atoms with van der Waals surface area (Å²) < 4.78 is 150. The minimum absolute atomic E-state index is 0.0432. The Bertz CT molecular complexity index is 3370. The summed E-state index contributed by atoms with van der Waals surface area (Å²) in [6.45, 7) is 0. The lowest BCUT2D eigenvalue weighted by Gasteiger charge is -2.14. The van der Waals surface area contributed by atoms with Gasteiger partial charge in [0.2, 0.25) is 5.95 Å². The predicted octanol–water partition coefficient (Wildman–Crippen LogP) is 8.79. The van der Waals surface area contributed by atoms with Crippen LogP contribution < -0.4 is 0 Å². The number of nitrogens with zero attached hydrogens (tertiary/aromatic N) is 6. The molecule has 0 unspecified atom stereocenters. The molecule has 0 saturated carbocycles. The summed E-state index contributed by atoms with van der Waals surface area (Å²) in [4.78, 5) is 18.5. The summed E-state index contributed by atoms with van der Waals surface area (Å²) in [5.41, 5.74) is -0.637. The van der Waals surface area contributed by atoms with Gasteiger partial charge in [0.05, 0.1) is 45.5 Å². The van der Waals surface area contributed by atoms with Crippen molar-refractivity contribution < 1.29 is 23.3 Å². The highest BCUT2D eigenvalue weighted by Gasteiger charge is 2.21. The summed E-state index contributed by atoms with van der Waals surface area (Å²) in [7, 11) is 0. The lowest BCUT2D eigenvalue weighted by Crippen LogP contribution is -2.07. The Balaban J connectivity index is 1.49. The summed E-state index contributed by atoms with van der Waals surface area (Å²) in [6, 6.07) is -1.10. The van der Waals surface area contributed by atoms with Gasteiger partial charge in [-0.3, -0.25) is 9.13 Å². The van der Waals surface area contributed by atoms with E-state index in [1.807, 2.05) is 0 Å². The number of benzene rings is 5. The average molecular weight is 582 g/mol. The number of para-hydroxylation sites is 4. The van der Waals surface area contributed by atoms with Gasteiger partial charge in [-0.05, 0) is 42.4 Å². The minimum atomic E-state index is -0.731. The Morgan fingerprint density at radius 1 is 0.500 bits per heavy atom. The summed E-state index contributed by atoms with van der Waals surface area (Å²) >= 11 is 0. The van der Waals surface area contributed by atoms with Crippen molar-refractivity contribution in [2.24, 2.45) is 0 Å². The van der Waals surface area contributed by atoms with Gasteiger partial charge >= 0.3 is 0 Å². The van der Waals surface area contributed by atoms with Crippen LogP contribution in [0.5, 0.6) is 0 Å². The molecule has 0 N–H and O–H groups in total. The number of hydrogen-bond donors (Lipinski definition) is 0. The molecule has 0 aliphatic heterocycles. The third-order valence-electron chi connectivity index (χ3n) is 7.12. The molecule has 44 heavy (non-hydrogen) atoms. The molecule has 9 rings (SSSR count). The van der Waals surface area contributed by atoms with Gasteiger partial charge in [-0.2, -0.15) is 9.97 Å². The van der Waals surface area contributed by atoms with Crippen LogP contribution in [0, 0.1) is 0 Å². The van der Waals surface area contributed by atoms with E-state index in [-0.39, 0.29) is 61.5 Å². The maximum absolute atomic E-state index is 9.03. The molecule has 5 aromatic carbocycles. The zero-order chi connectivity index (χ0) is 43.8. The first-order valence-electron chi connectivity index (χ1n) is 21.7. The summed E-state index contributed by atoms with van der Waals surface area (Å²) in [5.74, 6) is -1.34. The fourth-order valence-electron chi connectivity index (χ4n) is 5.32. The van der Waals surface area contributed by atoms with Crippen molar-refractivity contribution in [1.29, 1.82) is 0 Å². The van der Waals surface area contributed by atoms with Crippen LogP contribution in [0.4, 0.5) is 0 Å². The molecule has 0 saturated heterocycles. The SMILES string of the molecule is [2H]c1c([2H])c([2H])c(-c2nc(-c3ccccc3-n3c4ncccc4c4c([2H])c([2H])c([2H])c([2H])c43)nc(-n3c4c([2H])c([2H])c([2H])c([2H])c4c4c([2H])c([2H])c([2H])c([2H])c43)n2)c([2H])c1[2H]. The predicted molar refractivity (Wildman–Crippen MR) is 177 cm³/mol. The van der Waals surface area contributed by atoms with E-state index in [9.17, 15) is 0 Å². The lowest BCUT2D eigenvalue weighted by atomic mass is 10.1. The molecule has 6 nitrogen and oxygen atoms in total. The smallest absolute Gasteiger partial charge is 0.238 e. The monoisotopic (exact) mass is 581 g/mol. The van der Waals surface area contributed by atoms with E-state index in [4.69, 9.17) is 28.3 Å². The van der Waals surface area contributed by atoms with Gasteiger partial charge < -0.3 is 0 Å². The van der Waals surface area contributed by atoms with Crippen LogP contribution in [0.25, 0.3) is 78.2 Å². The van der Waals surface area contributed by atoms with Crippen LogP contribution in [-0.4, -0.2) is 29.1 Å². The number of pyridine rings is 1. The van der Waals surface area contributed by atoms with Gasteiger partial charge in [0.15, 0.2) is 11.6 Å². The highest BCUT2D eigenvalue weighted by molar-refractivity contribution is 6.09. The zero-order valence-corrected chi connectivity index (χ0v) is 22.2. The molecule has 9 aromatic rings. The number of rotatable bonds is 4. The van der Waals surface area contributed by atoms with E-state index in [0.717, 1.165) is 4.57 Å². The van der Waals surface area contributed by atoms with Gasteiger partial charge in [0, 0.05) is 38.9 Å². The van der Waals surface area contributed by atoms with Crippen molar-refractivity contribution in [2.45, 2.75) is 0 Å². The van der Waals surface area contributed by atoms with Gasteiger partial charge in [-0.15, -0.1) is 0 Å². The lowest BCUT2D eigenvalue weighted by molar-refractivity contribution is 0.951. The molecular formula is C38H24N6. The first-order valence-corrected chi connectivity index (χ1v) is 13.2. The van der Waals surface area contributed by atoms with Crippen LogP contribution in [0.3, 0.4) is 0 Å². The minimum Gasteiger partial charge on any atom is -0.293 e. The van der Waals surface area contributed by atoms with Crippen molar-refractivity contribution in [3.8, 4) is 34.4 Å². The number of aromatic nitrogens is 6. The molecule has 0 aliphatic rings. The number of hydrogen-bond acceptors (Lipinski definition) is 4. The van der Waals surface area contributed by atoms with Crippen LogP contribution >= 0.6 is 0 Å². The fourth-order valence-corrected chi connectivity index (χ4v) is 5.32. The molecule has 4 aromatic heterocycles. The van der Waals surface area contributed by atoms with Crippen LogP contribution in [-0.2, 0) is 0 Å². The Kier molecular flexibility index (Phi) is 2.87. The molecule has 0 spiro atoms. The molecule has 0 atom stereocenters. The van der Waals surface area contributed by atoms with Crippen molar-refractivity contribution in [3.05, 3.63) is 145 Å². The quantitative estimate of drug-likeness (QED) is 0.208. The molecule has 206 valence electrons. The van der Waals surface area contributed by atoms with Gasteiger partial charge in [0.25, 0.3) is 0 Å². The van der Waals surface area contributed by atoms with Crippen molar-refractivity contribution in [1.82, 2.24) is 29.1 Å². The van der Waals surface area contributed by atoms with E-state index >= 15 is 0 Å². The number of fused-ring (bicyclic) bond motifs is 6. The second kappa shape index (κ2) is 9.71. The Labute approximate surface area is 276 Å². The van der Waals surface area contributed by atoms with E-state index in [0.29, 0.717) is 5.39 Å². The third kappa shape index (κ3) is 3.68. The standard InChI is InChI=1S/C38H24N6/c1-2-13-25(14-3-1)35-40-36(42-38(41-35)44-32-21-9-4-15-26(32)27-16-5-10-22-33(27)44)30-18-7-11-23-34(30)43-31-20-8-6-17-28(31)29-19-12-24-39-37(29)43/h1-24H/i1D,2D,3D,4D,5D,6D,8D,9D,10D,13D,14D,15D,16D,17D,20D,21D,22D. The van der Waals surface area contributed by atoms with E-state index in [1.165, 1.54) is 16.8 Å². The molecule has 6 heteroatoms. The third-order valence-corrected chi connectivity index (χ3v) is 7.12. The van der Waals surface area contributed by atoms with Crippen LogP contribution in [0.1, 0.15) is 23.3 Å². The first kappa shape index (κ1) is 13.0. The van der Waals surface area contributed by atoms with E-state index < -0.39 is 114 Å². The Morgan fingerprint density at radius 2 is 1.09 bits per heavy atom. The van der Waals surface area contributed by atoms with Gasteiger partial charge in [-0.1, -0.05) is 96.7 Å². The summed E-state index contributed by atoms with van der Waals surface area (Å²) in [5, 5.41) is -0.0342. The summed E-state index contributed by atoms with van der Waals surface area (Å²) in [6.07, 6.45) is 1.47. The molecule has 0 fully saturated rings. The highest BCUT2D eigenvalue weighted by Crippen LogP contribution is 2.36. The molecule has 0 amide bonds. The normalized spacial score (nSPS) is 17.0. The topological polar surface area (TPSA) is 61.4 Å². The Morgan fingerprint density at radius 3 is 1.82 bits per heavy atom. The van der Waals surface area contributed by atoms with Gasteiger partial charge in [0.1, 0.15) is 5.65 Å². The van der Waals surface area contributed by atoms with Crippen molar-refractivity contribution >= 4 is 43.7 Å².